The molecule has 21 heavy (non-hydrogen) atoms. The molecule has 2 rings (SSSR count). The van der Waals surface area contributed by atoms with Crippen molar-refractivity contribution in [3.8, 4) is 0 Å². The lowest BCUT2D eigenvalue weighted by molar-refractivity contribution is 0.318. The number of benzene rings is 1. The second-order valence-corrected chi connectivity index (χ2v) is 6.20. The maximum absolute atomic E-state index is 12.1. The van der Waals surface area contributed by atoms with E-state index in [1.807, 2.05) is 0 Å². The van der Waals surface area contributed by atoms with E-state index in [9.17, 15) is 8.42 Å². The monoisotopic (exact) mass is 329 g/mol. The third-order valence-corrected chi connectivity index (χ3v) is 4.14. The molecule has 0 atom stereocenters. The highest BCUT2D eigenvalue weighted by Crippen LogP contribution is 2.25. The normalized spacial score (nSPS) is 12.4. The SMILES string of the molecule is Cn1cnc(S(=O)(=O)Nc2ccc(/C(N)=N/O)cc2Cl)c1. The lowest BCUT2D eigenvalue weighted by Crippen LogP contribution is -2.15. The van der Waals surface area contributed by atoms with Crippen molar-refractivity contribution in [2.75, 3.05) is 4.72 Å². The molecule has 0 saturated heterocycles. The van der Waals surface area contributed by atoms with Crippen LogP contribution in [-0.2, 0) is 17.1 Å². The predicted octanol–water partition coefficient (Wildman–Crippen LogP) is 0.969. The van der Waals surface area contributed by atoms with Crippen molar-refractivity contribution in [2.24, 2.45) is 17.9 Å². The Kier molecular flexibility index (Phi) is 4.05. The van der Waals surface area contributed by atoms with Crippen molar-refractivity contribution in [3.05, 3.63) is 41.3 Å². The zero-order valence-corrected chi connectivity index (χ0v) is 12.4. The quantitative estimate of drug-likeness (QED) is 0.334. The molecule has 1 aromatic heterocycles. The Morgan fingerprint density at radius 1 is 1.52 bits per heavy atom. The molecule has 10 heteroatoms. The Balaban J connectivity index is 2.32. The van der Waals surface area contributed by atoms with Crippen molar-refractivity contribution >= 4 is 33.1 Å². The van der Waals surface area contributed by atoms with Gasteiger partial charge in [-0.25, -0.2) is 4.98 Å². The van der Waals surface area contributed by atoms with E-state index in [2.05, 4.69) is 14.9 Å². The minimum atomic E-state index is -3.83. The summed E-state index contributed by atoms with van der Waals surface area (Å²) >= 11 is 5.98. The summed E-state index contributed by atoms with van der Waals surface area (Å²) in [7, 11) is -2.17. The van der Waals surface area contributed by atoms with Crippen molar-refractivity contribution < 1.29 is 13.6 Å². The third-order valence-electron chi connectivity index (χ3n) is 2.57. The molecule has 0 aliphatic carbocycles. The molecule has 4 N–H and O–H groups in total. The summed E-state index contributed by atoms with van der Waals surface area (Å²) in [5.41, 5.74) is 5.95. The Morgan fingerprint density at radius 2 is 2.24 bits per heavy atom. The van der Waals surface area contributed by atoms with Gasteiger partial charge in [0.1, 0.15) is 0 Å². The molecule has 0 aliphatic rings. The number of nitrogens with one attached hydrogen (secondary N) is 1. The van der Waals surface area contributed by atoms with Crippen LogP contribution in [0.4, 0.5) is 5.69 Å². The van der Waals surface area contributed by atoms with Gasteiger partial charge < -0.3 is 15.5 Å². The van der Waals surface area contributed by atoms with Gasteiger partial charge in [0.15, 0.2) is 10.9 Å². The first-order valence-corrected chi connectivity index (χ1v) is 7.48. The zero-order chi connectivity index (χ0) is 15.6. The van der Waals surface area contributed by atoms with Crippen LogP contribution in [0.1, 0.15) is 5.56 Å². The van der Waals surface area contributed by atoms with E-state index in [4.69, 9.17) is 22.5 Å². The Morgan fingerprint density at radius 3 is 2.76 bits per heavy atom. The number of rotatable bonds is 4. The maximum Gasteiger partial charge on any atom is 0.280 e. The highest BCUT2D eigenvalue weighted by molar-refractivity contribution is 7.92. The number of hydrogen-bond donors (Lipinski definition) is 3. The van der Waals surface area contributed by atoms with Gasteiger partial charge in [0.25, 0.3) is 10.0 Å². The first-order chi connectivity index (χ1) is 9.83. The Bertz CT molecular complexity index is 800. The zero-order valence-electron chi connectivity index (χ0n) is 10.9. The van der Waals surface area contributed by atoms with Gasteiger partial charge in [-0.3, -0.25) is 4.72 Å². The highest BCUT2D eigenvalue weighted by atomic mass is 35.5. The Hall–Kier alpha value is -2.26. The van der Waals surface area contributed by atoms with Crippen molar-refractivity contribution in [1.82, 2.24) is 9.55 Å². The molecule has 1 aromatic carbocycles. The van der Waals surface area contributed by atoms with Crippen molar-refractivity contribution in [3.63, 3.8) is 0 Å². The smallest absolute Gasteiger partial charge is 0.280 e. The fourth-order valence-electron chi connectivity index (χ4n) is 1.54. The summed E-state index contributed by atoms with van der Waals surface area (Å²) in [4.78, 5) is 3.77. The Labute approximate surface area is 125 Å². The molecule has 0 fully saturated rings. The number of imidazole rings is 1. The van der Waals surface area contributed by atoms with Gasteiger partial charge in [0, 0.05) is 18.8 Å². The number of anilines is 1. The summed E-state index contributed by atoms with van der Waals surface area (Å²) in [5, 5.41) is 11.4. The number of hydrogen-bond acceptors (Lipinski definition) is 5. The van der Waals surface area contributed by atoms with Crippen LogP contribution in [0.25, 0.3) is 0 Å². The van der Waals surface area contributed by atoms with Crippen LogP contribution in [0.3, 0.4) is 0 Å². The van der Waals surface area contributed by atoms with E-state index in [0.29, 0.717) is 5.56 Å². The van der Waals surface area contributed by atoms with Crippen LogP contribution in [0.15, 0.2) is 40.9 Å². The molecule has 112 valence electrons. The molecule has 1 heterocycles. The van der Waals surface area contributed by atoms with E-state index in [1.165, 1.54) is 35.3 Å². The topological polar surface area (TPSA) is 123 Å². The maximum atomic E-state index is 12.1. The van der Waals surface area contributed by atoms with Crippen LogP contribution >= 0.6 is 11.6 Å². The molecular formula is C11H12ClN5O3S. The number of halogens is 1. The van der Waals surface area contributed by atoms with E-state index in [1.54, 1.807) is 7.05 Å². The molecule has 0 radical (unpaired) electrons. The molecule has 0 unspecified atom stereocenters. The van der Waals surface area contributed by atoms with Gasteiger partial charge in [-0.15, -0.1) is 0 Å². The van der Waals surface area contributed by atoms with Gasteiger partial charge in [-0.1, -0.05) is 16.8 Å². The summed E-state index contributed by atoms with van der Waals surface area (Å²) in [6, 6.07) is 4.26. The van der Waals surface area contributed by atoms with Crippen LogP contribution < -0.4 is 10.5 Å². The van der Waals surface area contributed by atoms with E-state index in [-0.39, 0.29) is 21.6 Å². The largest absolute Gasteiger partial charge is 0.409 e. The molecule has 0 spiro atoms. The van der Waals surface area contributed by atoms with E-state index < -0.39 is 10.0 Å². The average Bonchev–Trinajstić information content (AvgIpc) is 2.87. The molecule has 0 aliphatic heterocycles. The standard InChI is InChI=1S/C11H12ClN5O3S/c1-17-5-10(14-6-17)21(19,20)16-9-3-2-7(4-8(9)12)11(13)15-18/h2-6,16,18H,1H3,(H2,13,15). The number of aryl methyl sites for hydroxylation is 1. The second kappa shape index (κ2) is 5.62. The summed E-state index contributed by atoms with van der Waals surface area (Å²) < 4.78 is 28.0. The van der Waals surface area contributed by atoms with Crippen LogP contribution in [0.2, 0.25) is 5.02 Å². The van der Waals surface area contributed by atoms with Crippen LogP contribution in [0, 0.1) is 0 Å². The predicted molar refractivity (Wildman–Crippen MR) is 78.0 cm³/mol. The highest BCUT2D eigenvalue weighted by Gasteiger charge is 2.18. The van der Waals surface area contributed by atoms with Gasteiger partial charge >= 0.3 is 0 Å². The van der Waals surface area contributed by atoms with Crippen molar-refractivity contribution in [2.45, 2.75) is 5.03 Å². The minimum Gasteiger partial charge on any atom is -0.409 e. The molecule has 8 nitrogen and oxygen atoms in total. The van der Waals surface area contributed by atoms with Crippen LogP contribution in [0.5, 0.6) is 0 Å². The first kappa shape index (κ1) is 15.1. The lowest BCUT2D eigenvalue weighted by Gasteiger charge is -2.09. The van der Waals surface area contributed by atoms with Crippen molar-refractivity contribution in [1.29, 1.82) is 0 Å². The molecule has 2 aromatic rings. The second-order valence-electron chi connectivity index (χ2n) is 4.16. The minimum absolute atomic E-state index is 0.110. The number of sulfonamides is 1. The number of oxime groups is 1. The number of nitrogens with zero attached hydrogens (tertiary/aromatic N) is 3. The average molecular weight is 330 g/mol. The summed E-state index contributed by atoms with van der Waals surface area (Å²) in [6.07, 6.45) is 2.73. The molecule has 0 bridgehead atoms. The number of nitrogens with two attached hydrogens (primary N) is 1. The molecule has 0 saturated carbocycles. The summed E-state index contributed by atoms with van der Waals surface area (Å²) in [6.45, 7) is 0. The lowest BCUT2D eigenvalue weighted by atomic mass is 10.2. The fraction of sp³-hybridized carbons (Fsp3) is 0.0909. The van der Waals surface area contributed by atoms with Gasteiger partial charge in [-0.2, -0.15) is 8.42 Å². The van der Waals surface area contributed by atoms with E-state index >= 15 is 0 Å². The first-order valence-electron chi connectivity index (χ1n) is 5.61. The molecule has 0 amide bonds. The van der Waals surface area contributed by atoms with Gasteiger partial charge in [0.2, 0.25) is 0 Å². The van der Waals surface area contributed by atoms with Gasteiger partial charge in [-0.05, 0) is 18.2 Å². The molecular weight excluding hydrogens is 318 g/mol. The number of amidine groups is 1. The third kappa shape index (κ3) is 3.26. The van der Waals surface area contributed by atoms with Gasteiger partial charge in [0.05, 0.1) is 17.0 Å². The van der Waals surface area contributed by atoms with E-state index in [0.717, 1.165) is 0 Å². The fourth-order valence-corrected chi connectivity index (χ4v) is 2.89. The number of aromatic nitrogens is 2. The van der Waals surface area contributed by atoms with Crippen LogP contribution in [-0.4, -0.2) is 29.0 Å². The summed E-state index contributed by atoms with van der Waals surface area (Å²) in [5.74, 6) is -0.129.